The average molecular weight is 294 g/mol. The number of para-hydroxylation sites is 1. The molecule has 0 aromatic heterocycles. The lowest BCUT2D eigenvalue weighted by Gasteiger charge is -2.09. The molecule has 0 heterocycles. The quantitative estimate of drug-likeness (QED) is 0.931. The molecule has 0 fully saturated rings. The number of amides is 1. The summed E-state index contributed by atoms with van der Waals surface area (Å²) in [5.41, 5.74) is 1.35. The first-order valence-electron chi connectivity index (χ1n) is 5.99. The Hall–Kier alpha value is -2.07. The van der Waals surface area contributed by atoms with Gasteiger partial charge >= 0.3 is 0 Å². The second-order valence-corrected chi connectivity index (χ2v) is 4.66. The lowest BCUT2D eigenvalue weighted by Crippen LogP contribution is -2.20. The molecular formula is C15H13ClFNO2. The third-order valence-electron chi connectivity index (χ3n) is 2.59. The van der Waals surface area contributed by atoms with Crippen molar-refractivity contribution in [3.05, 3.63) is 58.9 Å². The van der Waals surface area contributed by atoms with Crippen LogP contribution in [0.5, 0.6) is 5.75 Å². The minimum atomic E-state index is -0.499. The molecule has 5 heteroatoms. The molecule has 20 heavy (non-hydrogen) atoms. The van der Waals surface area contributed by atoms with E-state index in [1.807, 2.05) is 6.92 Å². The summed E-state index contributed by atoms with van der Waals surface area (Å²) in [6, 6.07) is 11.3. The molecule has 0 saturated heterocycles. The van der Waals surface area contributed by atoms with Gasteiger partial charge in [0.25, 0.3) is 5.91 Å². The number of halogens is 2. The molecule has 1 N–H and O–H groups in total. The summed E-state index contributed by atoms with van der Waals surface area (Å²) < 4.78 is 18.6. The maximum absolute atomic E-state index is 13.4. The van der Waals surface area contributed by atoms with E-state index in [0.29, 0.717) is 10.7 Å². The third kappa shape index (κ3) is 3.71. The number of carbonyl (C=O) groups excluding carboxylic acids is 1. The molecule has 0 atom stereocenters. The Bertz CT molecular complexity index is 631. The SMILES string of the molecule is Cc1ccc(F)c(OCC(=O)Nc2ccccc2Cl)c1. The van der Waals surface area contributed by atoms with Gasteiger partial charge in [0.05, 0.1) is 10.7 Å². The normalized spacial score (nSPS) is 10.2. The van der Waals surface area contributed by atoms with Crippen molar-refractivity contribution in [2.45, 2.75) is 6.92 Å². The third-order valence-corrected chi connectivity index (χ3v) is 2.92. The van der Waals surface area contributed by atoms with Gasteiger partial charge < -0.3 is 10.1 Å². The van der Waals surface area contributed by atoms with E-state index in [4.69, 9.17) is 16.3 Å². The van der Waals surface area contributed by atoms with E-state index < -0.39 is 11.7 Å². The number of ether oxygens (including phenoxy) is 1. The molecule has 2 aromatic carbocycles. The van der Waals surface area contributed by atoms with E-state index in [1.54, 1.807) is 30.3 Å². The molecule has 104 valence electrons. The van der Waals surface area contributed by atoms with Crippen LogP contribution in [0.1, 0.15) is 5.56 Å². The Morgan fingerprint density at radius 3 is 2.80 bits per heavy atom. The summed E-state index contributed by atoms with van der Waals surface area (Å²) in [6.45, 7) is 1.53. The predicted molar refractivity (Wildman–Crippen MR) is 76.7 cm³/mol. The molecule has 0 bridgehead atoms. The van der Waals surface area contributed by atoms with Gasteiger partial charge in [-0.15, -0.1) is 0 Å². The molecule has 0 aliphatic heterocycles. The average Bonchev–Trinajstić information content (AvgIpc) is 2.42. The van der Waals surface area contributed by atoms with E-state index in [-0.39, 0.29) is 12.4 Å². The zero-order chi connectivity index (χ0) is 14.5. The maximum Gasteiger partial charge on any atom is 0.262 e. The van der Waals surface area contributed by atoms with Crippen molar-refractivity contribution >= 4 is 23.2 Å². The predicted octanol–water partition coefficient (Wildman–Crippen LogP) is 3.81. The van der Waals surface area contributed by atoms with Crippen LogP contribution in [-0.2, 0) is 4.79 Å². The molecule has 0 unspecified atom stereocenters. The fraction of sp³-hybridized carbons (Fsp3) is 0.133. The van der Waals surface area contributed by atoms with Gasteiger partial charge in [-0.05, 0) is 36.8 Å². The molecule has 0 spiro atoms. The van der Waals surface area contributed by atoms with Gasteiger partial charge in [-0.1, -0.05) is 29.8 Å². The molecule has 0 radical (unpaired) electrons. The molecule has 0 aliphatic carbocycles. The lowest BCUT2D eigenvalue weighted by molar-refractivity contribution is -0.118. The highest BCUT2D eigenvalue weighted by molar-refractivity contribution is 6.33. The molecule has 2 rings (SSSR count). The standard InChI is InChI=1S/C15H13ClFNO2/c1-10-6-7-12(17)14(8-10)20-9-15(19)18-13-5-3-2-4-11(13)16/h2-8H,9H2,1H3,(H,18,19). The summed E-state index contributed by atoms with van der Waals surface area (Å²) in [6.07, 6.45) is 0. The highest BCUT2D eigenvalue weighted by Crippen LogP contribution is 2.21. The summed E-state index contributed by atoms with van der Waals surface area (Å²) in [7, 11) is 0. The van der Waals surface area contributed by atoms with Crippen molar-refractivity contribution in [2.75, 3.05) is 11.9 Å². The summed E-state index contributed by atoms with van der Waals surface area (Å²) in [5, 5.41) is 3.03. The first-order valence-corrected chi connectivity index (χ1v) is 6.37. The van der Waals surface area contributed by atoms with Crippen LogP contribution in [0.15, 0.2) is 42.5 Å². The molecule has 1 amide bonds. The van der Waals surface area contributed by atoms with Crippen molar-refractivity contribution in [1.82, 2.24) is 0 Å². The number of hydrogen-bond acceptors (Lipinski definition) is 2. The molecule has 0 aliphatic rings. The summed E-state index contributed by atoms with van der Waals surface area (Å²) >= 11 is 5.92. The number of nitrogens with one attached hydrogen (secondary N) is 1. The second-order valence-electron chi connectivity index (χ2n) is 4.25. The van der Waals surface area contributed by atoms with Crippen LogP contribution in [0.25, 0.3) is 0 Å². The van der Waals surface area contributed by atoms with Crippen LogP contribution in [-0.4, -0.2) is 12.5 Å². The Labute approximate surface area is 121 Å². The van der Waals surface area contributed by atoms with Gasteiger partial charge in [-0.2, -0.15) is 0 Å². The number of rotatable bonds is 4. The van der Waals surface area contributed by atoms with Crippen LogP contribution >= 0.6 is 11.6 Å². The first kappa shape index (κ1) is 14.3. The van der Waals surface area contributed by atoms with E-state index >= 15 is 0 Å². The number of carbonyl (C=O) groups is 1. The summed E-state index contributed by atoms with van der Waals surface area (Å²) in [4.78, 5) is 11.7. The van der Waals surface area contributed by atoms with Crippen molar-refractivity contribution < 1.29 is 13.9 Å². The first-order chi connectivity index (χ1) is 9.56. The minimum Gasteiger partial charge on any atom is -0.481 e. The van der Waals surface area contributed by atoms with E-state index in [9.17, 15) is 9.18 Å². The van der Waals surface area contributed by atoms with Crippen LogP contribution in [0.4, 0.5) is 10.1 Å². The topological polar surface area (TPSA) is 38.3 Å². The van der Waals surface area contributed by atoms with Crippen molar-refractivity contribution in [3.63, 3.8) is 0 Å². The molecule has 2 aromatic rings. The highest BCUT2D eigenvalue weighted by Gasteiger charge is 2.08. The Morgan fingerprint density at radius 2 is 2.05 bits per heavy atom. The molecular weight excluding hydrogens is 281 g/mol. The van der Waals surface area contributed by atoms with Gasteiger partial charge in [0, 0.05) is 0 Å². The van der Waals surface area contributed by atoms with Crippen LogP contribution in [0.2, 0.25) is 5.02 Å². The Balaban J connectivity index is 1.96. The van der Waals surface area contributed by atoms with Crippen molar-refractivity contribution in [2.24, 2.45) is 0 Å². The zero-order valence-corrected chi connectivity index (χ0v) is 11.6. The highest BCUT2D eigenvalue weighted by atomic mass is 35.5. The van der Waals surface area contributed by atoms with Gasteiger partial charge in [0.2, 0.25) is 0 Å². The second kappa shape index (κ2) is 6.39. The molecule has 3 nitrogen and oxygen atoms in total. The summed E-state index contributed by atoms with van der Waals surface area (Å²) in [5.74, 6) is -0.848. The number of aryl methyl sites for hydroxylation is 1. The van der Waals surface area contributed by atoms with Gasteiger partial charge in [0.1, 0.15) is 0 Å². The number of hydrogen-bond donors (Lipinski definition) is 1. The van der Waals surface area contributed by atoms with Gasteiger partial charge in [-0.3, -0.25) is 4.79 Å². The van der Waals surface area contributed by atoms with Crippen molar-refractivity contribution in [1.29, 1.82) is 0 Å². The zero-order valence-electron chi connectivity index (χ0n) is 10.8. The minimum absolute atomic E-state index is 0.0549. The fourth-order valence-electron chi connectivity index (χ4n) is 1.61. The lowest BCUT2D eigenvalue weighted by atomic mass is 10.2. The van der Waals surface area contributed by atoms with E-state index in [2.05, 4.69) is 5.32 Å². The monoisotopic (exact) mass is 293 g/mol. The Morgan fingerprint density at radius 1 is 1.30 bits per heavy atom. The smallest absolute Gasteiger partial charge is 0.262 e. The van der Waals surface area contributed by atoms with Gasteiger partial charge in [0.15, 0.2) is 18.2 Å². The van der Waals surface area contributed by atoms with Crippen LogP contribution in [0.3, 0.4) is 0 Å². The van der Waals surface area contributed by atoms with Crippen molar-refractivity contribution in [3.8, 4) is 5.75 Å². The fourth-order valence-corrected chi connectivity index (χ4v) is 1.80. The van der Waals surface area contributed by atoms with Gasteiger partial charge in [-0.25, -0.2) is 4.39 Å². The molecule has 0 saturated carbocycles. The van der Waals surface area contributed by atoms with E-state index in [0.717, 1.165) is 5.56 Å². The van der Waals surface area contributed by atoms with Crippen LogP contribution in [0, 0.1) is 12.7 Å². The number of anilines is 1. The van der Waals surface area contributed by atoms with Crippen LogP contribution < -0.4 is 10.1 Å². The number of benzene rings is 2. The maximum atomic E-state index is 13.4. The van der Waals surface area contributed by atoms with E-state index in [1.165, 1.54) is 12.1 Å². The Kier molecular flexibility index (Phi) is 4.58. The largest absolute Gasteiger partial charge is 0.481 e.